The third-order valence-electron chi connectivity index (χ3n) is 5.72. The Morgan fingerprint density at radius 1 is 1.08 bits per heavy atom. The molecule has 4 nitrogen and oxygen atoms in total. The second-order valence-electron chi connectivity index (χ2n) is 7.41. The molecule has 1 aromatic carbocycles. The van der Waals surface area contributed by atoms with Gasteiger partial charge in [0.1, 0.15) is 0 Å². The van der Waals surface area contributed by atoms with Crippen LogP contribution in [0.3, 0.4) is 0 Å². The minimum absolute atomic E-state index is 0.277. The summed E-state index contributed by atoms with van der Waals surface area (Å²) in [5.74, 6) is 0.277. The molecule has 4 heteroatoms. The van der Waals surface area contributed by atoms with E-state index in [9.17, 15) is 4.79 Å². The van der Waals surface area contributed by atoms with Crippen LogP contribution in [0.4, 0.5) is 0 Å². The van der Waals surface area contributed by atoms with Gasteiger partial charge in [-0.15, -0.1) is 0 Å². The largest absolute Gasteiger partial charge is 0.340 e. The molecule has 0 aliphatic carbocycles. The van der Waals surface area contributed by atoms with Gasteiger partial charge in [-0.25, -0.2) is 0 Å². The first-order valence-corrected chi connectivity index (χ1v) is 9.38. The first-order chi connectivity index (χ1) is 11.6. The van der Waals surface area contributed by atoms with Crippen LogP contribution in [-0.4, -0.2) is 73.0 Å². The van der Waals surface area contributed by atoms with E-state index in [4.69, 9.17) is 0 Å². The van der Waals surface area contributed by atoms with Gasteiger partial charge in [-0.1, -0.05) is 30.7 Å². The van der Waals surface area contributed by atoms with Crippen LogP contribution >= 0.6 is 0 Å². The third-order valence-corrected chi connectivity index (χ3v) is 5.72. The van der Waals surface area contributed by atoms with Gasteiger partial charge < -0.3 is 9.80 Å². The van der Waals surface area contributed by atoms with E-state index in [0.717, 1.165) is 38.3 Å². The number of likely N-dealkylation sites (tertiary alicyclic amines) is 1. The topological polar surface area (TPSA) is 26.8 Å². The number of carbonyl (C=O) groups excluding carboxylic acids is 1. The van der Waals surface area contributed by atoms with Gasteiger partial charge in [0.15, 0.2) is 0 Å². The first kappa shape index (κ1) is 17.4. The summed E-state index contributed by atoms with van der Waals surface area (Å²) in [6.45, 7) is 8.27. The van der Waals surface area contributed by atoms with Crippen molar-refractivity contribution < 1.29 is 4.79 Å². The van der Waals surface area contributed by atoms with Crippen LogP contribution in [0.2, 0.25) is 0 Å². The predicted octanol–water partition coefficient (Wildman–Crippen LogP) is 2.17. The van der Waals surface area contributed by atoms with Crippen molar-refractivity contribution in [1.29, 1.82) is 0 Å². The molecule has 2 heterocycles. The highest BCUT2D eigenvalue weighted by molar-refractivity contribution is 5.79. The number of piperazine rings is 1. The highest BCUT2D eigenvalue weighted by atomic mass is 16.2. The van der Waals surface area contributed by atoms with Crippen molar-refractivity contribution in [2.45, 2.75) is 38.6 Å². The number of benzene rings is 1. The Morgan fingerprint density at radius 2 is 1.83 bits per heavy atom. The molecule has 2 aliphatic rings. The van der Waals surface area contributed by atoms with Gasteiger partial charge in [0.25, 0.3) is 0 Å². The SMILES string of the molecule is Cc1ccccc1CC(=O)N1CCN(CC2CCCCN2C)CC1. The zero-order chi connectivity index (χ0) is 16.9. The first-order valence-electron chi connectivity index (χ1n) is 9.38. The van der Waals surface area contributed by atoms with Crippen molar-refractivity contribution in [3.05, 3.63) is 35.4 Å². The van der Waals surface area contributed by atoms with Gasteiger partial charge in [-0.3, -0.25) is 9.69 Å². The van der Waals surface area contributed by atoms with E-state index in [1.54, 1.807) is 0 Å². The van der Waals surface area contributed by atoms with E-state index < -0.39 is 0 Å². The molecule has 0 N–H and O–H groups in total. The summed E-state index contributed by atoms with van der Waals surface area (Å²) < 4.78 is 0. The molecule has 0 saturated carbocycles. The quantitative estimate of drug-likeness (QED) is 0.847. The molecule has 2 saturated heterocycles. The minimum atomic E-state index is 0.277. The van der Waals surface area contributed by atoms with Crippen LogP contribution in [0.25, 0.3) is 0 Å². The highest BCUT2D eigenvalue weighted by Gasteiger charge is 2.25. The molecule has 0 bridgehead atoms. The summed E-state index contributed by atoms with van der Waals surface area (Å²) >= 11 is 0. The number of piperidine rings is 1. The number of rotatable bonds is 4. The van der Waals surface area contributed by atoms with Gasteiger partial charge in [0.05, 0.1) is 6.42 Å². The fourth-order valence-electron chi connectivity index (χ4n) is 3.94. The van der Waals surface area contributed by atoms with E-state index in [1.165, 1.54) is 31.4 Å². The fraction of sp³-hybridized carbons (Fsp3) is 0.650. The number of hydrogen-bond acceptors (Lipinski definition) is 3. The van der Waals surface area contributed by atoms with E-state index in [1.807, 2.05) is 17.0 Å². The Bertz CT molecular complexity index is 552. The maximum atomic E-state index is 12.6. The molecule has 24 heavy (non-hydrogen) atoms. The van der Waals surface area contributed by atoms with Gasteiger partial charge in [-0.05, 0) is 44.5 Å². The number of likely N-dealkylation sites (N-methyl/N-ethyl adjacent to an activating group) is 1. The summed E-state index contributed by atoms with van der Waals surface area (Å²) in [6.07, 6.45) is 4.57. The fourth-order valence-corrected chi connectivity index (χ4v) is 3.94. The standard InChI is InChI=1S/C20H31N3O/c1-17-7-3-4-8-18(17)15-20(24)23-13-11-22(12-14-23)16-19-9-5-6-10-21(19)2/h3-4,7-8,19H,5-6,9-16H2,1-2H3. The lowest BCUT2D eigenvalue weighted by Gasteiger charge is -2.40. The number of amides is 1. The third kappa shape index (κ3) is 4.37. The van der Waals surface area contributed by atoms with Crippen LogP contribution in [-0.2, 0) is 11.2 Å². The van der Waals surface area contributed by atoms with Crippen LogP contribution < -0.4 is 0 Å². The number of aryl methyl sites for hydroxylation is 1. The lowest BCUT2D eigenvalue weighted by molar-refractivity contribution is -0.132. The van der Waals surface area contributed by atoms with E-state index >= 15 is 0 Å². The molecule has 0 radical (unpaired) electrons. The van der Waals surface area contributed by atoms with E-state index in [2.05, 4.69) is 35.9 Å². The maximum Gasteiger partial charge on any atom is 0.227 e. The predicted molar refractivity (Wildman–Crippen MR) is 98.2 cm³/mol. The molecule has 1 atom stereocenters. The van der Waals surface area contributed by atoms with Gasteiger partial charge in [0, 0.05) is 38.8 Å². The van der Waals surface area contributed by atoms with Gasteiger partial charge in [-0.2, -0.15) is 0 Å². The maximum absolute atomic E-state index is 12.6. The zero-order valence-corrected chi connectivity index (χ0v) is 15.2. The lowest BCUT2D eigenvalue weighted by Crippen LogP contribution is -2.53. The second kappa shape index (κ2) is 8.13. The Kier molecular flexibility index (Phi) is 5.90. The molecule has 2 fully saturated rings. The van der Waals surface area contributed by atoms with Crippen molar-refractivity contribution >= 4 is 5.91 Å². The molecule has 1 aromatic rings. The summed E-state index contributed by atoms with van der Waals surface area (Å²) in [6, 6.07) is 8.91. The Morgan fingerprint density at radius 3 is 2.54 bits per heavy atom. The molecule has 1 amide bonds. The average molecular weight is 329 g/mol. The smallest absolute Gasteiger partial charge is 0.227 e. The van der Waals surface area contributed by atoms with Crippen molar-refractivity contribution in [3.63, 3.8) is 0 Å². The summed E-state index contributed by atoms with van der Waals surface area (Å²) in [7, 11) is 2.26. The van der Waals surface area contributed by atoms with Crippen molar-refractivity contribution in [3.8, 4) is 0 Å². The monoisotopic (exact) mass is 329 g/mol. The molecular weight excluding hydrogens is 298 g/mol. The zero-order valence-electron chi connectivity index (χ0n) is 15.2. The number of hydrogen-bond donors (Lipinski definition) is 0. The Hall–Kier alpha value is -1.39. The van der Waals surface area contributed by atoms with E-state index in [-0.39, 0.29) is 5.91 Å². The molecule has 0 aromatic heterocycles. The normalized spacial score (nSPS) is 23.4. The van der Waals surface area contributed by atoms with Crippen LogP contribution in [0.15, 0.2) is 24.3 Å². The van der Waals surface area contributed by atoms with Gasteiger partial charge >= 0.3 is 0 Å². The highest BCUT2D eigenvalue weighted by Crippen LogP contribution is 2.17. The summed E-state index contributed by atoms with van der Waals surface area (Å²) in [5, 5.41) is 0. The summed E-state index contributed by atoms with van der Waals surface area (Å²) in [4.78, 5) is 19.7. The van der Waals surface area contributed by atoms with E-state index in [0.29, 0.717) is 12.5 Å². The van der Waals surface area contributed by atoms with Crippen LogP contribution in [0.1, 0.15) is 30.4 Å². The van der Waals surface area contributed by atoms with Crippen molar-refractivity contribution in [2.24, 2.45) is 0 Å². The molecular formula is C20H31N3O. The molecule has 132 valence electrons. The molecule has 3 rings (SSSR count). The minimum Gasteiger partial charge on any atom is -0.340 e. The van der Waals surface area contributed by atoms with Gasteiger partial charge in [0.2, 0.25) is 5.91 Å². The van der Waals surface area contributed by atoms with Crippen LogP contribution in [0.5, 0.6) is 0 Å². The Balaban J connectivity index is 1.46. The molecule has 2 aliphatic heterocycles. The molecule has 1 unspecified atom stereocenters. The average Bonchev–Trinajstić information content (AvgIpc) is 2.59. The Labute approximate surface area is 146 Å². The summed E-state index contributed by atoms with van der Waals surface area (Å²) in [5.41, 5.74) is 2.37. The molecule has 0 spiro atoms. The number of nitrogens with zero attached hydrogens (tertiary/aromatic N) is 3. The van der Waals surface area contributed by atoms with Crippen molar-refractivity contribution in [2.75, 3.05) is 46.3 Å². The number of carbonyl (C=O) groups is 1. The lowest BCUT2D eigenvalue weighted by atomic mass is 10.0. The van der Waals surface area contributed by atoms with Crippen LogP contribution in [0, 0.1) is 6.92 Å². The van der Waals surface area contributed by atoms with Crippen molar-refractivity contribution in [1.82, 2.24) is 14.7 Å². The second-order valence-corrected chi connectivity index (χ2v) is 7.41.